The quantitative estimate of drug-likeness (QED) is 0.517. The number of carbonyl (C=O) groups is 2. The van der Waals surface area contributed by atoms with Crippen molar-refractivity contribution in [1.29, 1.82) is 0 Å². The summed E-state index contributed by atoms with van der Waals surface area (Å²) in [7, 11) is 0. The van der Waals surface area contributed by atoms with Crippen LogP contribution in [0.5, 0.6) is 0 Å². The van der Waals surface area contributed by atoms with Gasteiger partial charge in [-0.1, -0.05) is 62.3 Å². The molecule has 1 unspecified atom stereocenters. The molecule has 2 saturated heterocycles. The molecule has 2 N–H and O–H groups in total. The van der Waals surface area contributed by atoms with Crippen LogP contribution in [0.2, 0.25) is 0 Å². The van der Waals surface area contributed by atoms with Crippen LogP contribution in [-0.4, -0.2) is 48.6 Å². The summed E-state index contributed by atoms with van der Waals surface area (Å²) < 4.78 is -0.547. The predicted octanol–water partition coefficient (Wildman–Crippen LogP) is 3.78. The molecule has 4 atom stereocenters. The van der Waals surface area contributed by atoms with E-state index >= 15 is 0 Å². The molecule has 28 heavy (non-hydrogen) atoms. The van der Waals surface area contributed by atoms with Gasteiger partial charge in [0.1, 0.15) is 17.0 Å². The zero-order valence-corrected chi connectivity index (χ0v) is 18.4. The number of unbranched alkanes of at least 4 members (excludes halogenated alkanes) is 1. The van der Waals surface area contributed by atoms with Crippen molar-refractivity contribution in [3.05, 3.63) is 35.9 Å². The van der Waals surface area contributed by atoms with E-state index < -0.39 is 22.3 Å². The van der Waals surface area contributed by atoms with Crippen LogP contribution in [0.4, 0.5) is 0 Å². The molecule has 0 aromatic heterocycles. The van der Waals surface area contributed by atoms with Crippen molar-refractivity contribution in [2.45, 2.75) is 74.6 Å². The van der Waals surface area contributed by atoms with Gasteiger partial charge in [-0.3, -0.25) is 4.79 Å². The highest BCUT2D eigenvalue weighted by Crippen LogP contribution is 2.54. The number of amides is 1. The van der Waals surface area contributed by atoms with E-state index in [9.17, 15) is 14.7 Å². The Balaban J connectivity index is 1.81. The standard InChI is InChI=1S/C21H28N2O3S2/c1-5-6-12-14(13-10-8-7-9-11-13)16(27)22-21(4)18(26)23-15(17(24)25)20(2,3)28-19(21)23/h7-11,14-15,19H,5-6,12H2,1-4H3,(H,22,27)(H,24,25)/t14?,15-,19+,21-/m0/s1. The number of thioether (sulfide) groups is 1. The van der Waals surface area contributed by atoms with Crippen LogP contribution in [0, 0.1) is 0 Å². The Kier molecular flexibility index (Phi) is 5.79. The van der Waals surface area contributed by atoms with Crippen LogP contribution < -0.4 is 5.32 Å². The number of thiocarbonyl (C=S) groups is 1. The number of carbonyl (C=O) groups excluding carboxylic acids is 1. The third-order valence-electron chi connectivity index (χ3n) is 5.76. The Morgan fingerprint density at radius 3 is 2.54 bits per heavy atom. The first-order valence-electron chi connectivity index (χ1n) is 9.74. The van der Waals surface area contributed by atoms with E-state index in [2.05, 4.69) is 24.4 Å². The molecule has 1 aromatic rings. The lowest BCUT2D eigenvalue weighted by atomic mass is 9.85. The minimum atomic E-state index is -0.955. The van der Waals surface area contributed by atoms with Crippen molar-refractivity contribution in [3.8, 4) is 0 Å². The Hall–Kier alpha value is -1.60. The number of hydrogen-bond acceptors (Lipinski definition) is 4. The van der Waals surface area contributed by atoms with Crippen LogP contribution in [0.25, 0.3) is 0 Å². The molecule has 0 spiro atoms. The molecule has 2 aliphatic heterocycles. The molecule has 1 amide bonds. The maximum absolute atomic E-state index is 13.0. The largest absolute Gasteiger partial charge is 0.480 e. The number of rotatable bonds is 7. The molecule has 2 fully saturated rings. The molecular formula is C21H28N2O3S2. The van der Waals surface area contributed by atoms with Gasteiger partial charge in [-0.2, -0.15) is 0 Å². The SMILES string of the molecule is CCCCC(C(=S)N[C@@]1(C)C(=O)N2[C@@H](C(=O)O)C(C)(C)S[C@@H]21)c1ccccc1. The van der Waals surface area contributed by atoms with Crippen LogP contribution in [0.3, 0.4) is 0 Å². The Morgan fingerprint density at radius 1 is 1.32 bits per heavy atom. The maximum atomic E-state index is 13.0. The van der Waals surface area contributed by atoms with Crippen LogP contribution in [0.15, 0.2) is 30.3 Å². The number of carboxylic acids is 1. The van der Waals surface area contributed by atoms with E-state index in [1.165, 1.54) is 16.7 Å². The first kappa shape index (κ1) is 21.1. The summed E-state index contributed by atoms with van der Waals surface area (Å²) >= 11 is 7.30. The molecule has 7 heteroatoms. The topological polar surface area (TPSA) is 69.6 Å². The van der Waals surface area contributed by atoms with Crippen LogP contribution in [-0.2, 0) is 9.59 Å². The fourth-order valence-electron chi connectivity index (χ4n) is 4.22. The van der Waals surface area contributed by atoms with E-state index in [-0.39, 0.29) is 17.2 Å². The van der Waals surface area contributed by atoms with Crippen LogP contribution in [0.1, 0.15) is 58.4 Å². The van der Waals surface area contributed by atoms with Crippen molar-refractivity contribution in [2.24, 2.45) is 0 Å². The third kappa shape index (κ3) is 3.43. The number of nitrogens with one attached hydrogen (secondary N) is 1. The zero-order chi connectivity index (χ0) is 20.7. The summed E-state index contributed by atoms with van der Waals surface area (Å²) in [5, 5.41) is 12.7. The monoisotopic (exact) mass is 420 g/mol. The fraction of sp³-hybridized carbons (Fsp3) is 0.571. The summed E-state index contributed by atoms with van der Waals surface area (Å²) in [4.78, 5) is 26.9. The van der Waals surface area contributed by atoms with Gasteiger partial charge in [0.25, 0.3) is 5.91 Å². The minimum Gasteiger partial charge on any atom is -0.480 e. The van der Waals surface area contributed by atoms with Crippen LogP contribution >= 0.6 is 24.0 Å². The Bertz CT molecular complexity index is 783. The number of hydrogen-bond donors (Lipinski definition) is 2. The molecule has 1 aromatic carbocycles. The molecular weight excluding hydrogens is 392 g/mol. The van der Waals surface area contributed by atoms with Crippen molar-refractivity contribution in [2.75, 3.05) is 0 Å². The van der Waals surface area contributed by atoms with Crippen molar-refractivity contribution in [1.82, 2.24) is 10.2 Å². The molecule has 2 heterocycles. The third-order valence-corrected chi connectivity index (χ3v) is 7.90. The van der Waals surface area contributed by atoms with Crippen molar-refractivity contribution in [3.63, 3.8) is 0 Å². The summed E-state index contributed by atoms with van der Waals surface area (Å²) in [5.74, 6) is -1.10. The molecule has 0 aliphatic carbocycles. The number of fused-ring (bicyclic) bond motifs is 1. The van der Waals surface area contributed by atoms with Gasteiger partial charge in [-0.25, -0.2) is 4.79 Å². The van der Waals surface area contributed by atoms with Gasteiger partial charge in [-0.05, 0) is 32.8 Å². The Morgan fingerprint density at radius 2 is 1.96 bits per heavy atom. The average Bonchev–Trinajstić information content (AvgIpc) is 2.92. The average molecular weight is 421 g/mol. The second kappa shape index (κ2) is 7.67. The summed E-state index contributed by atoms with van der Waals surface area (Å²) in [5.41, 5.74) is 0.270. The van der Waals surface area contributed by atoms with Crippen molar-refractivity contribution < 1.29 is 14.7 Å². The van der Waals surface area contributed by atoms with Gasteiger partial charge in [0.15, 0.2) is 0 Å². The number of β-lactam (4-membered cyclic amide) rings is 1. The summed E-state index contributed by atoms with van der Waals surface area (Å²) in [6.07, 6.45) is 3.04. The normalized spacial score (nSPS) is 29.0. The summed E-state index contributed by atoms with van der Waals surface area (Å²) in [6.45, 7) is 7.76. The lowest BCUT2D eigenvalue weighted by molar-refractivity contribution is -0.165. The van der Waals surface area contributed by atoms with Gasteiger partial charge in [0.05, 0.1) is 4.99 Å². The second-order valence-corrected chi connectivity index (χ2v) is 10.5. The van der Waals surface area contributed by atoms with Crippen molar-refractivity contribution >= 4 is 40.8 Å². The van der Waals surface area contributed by atoms with E-state index in [1.807, 2.05) is 39.0 Å². The highest BCUT2D eigenvalue weighted by molar-refractivity contribution is 8.01. The smallest absolute Gasteiger partial charge is 0.327 e. The van der Waals surface area contributed by atoms with E-state index in [0.717, 1.165) is 24.8 Å². The summed E-state index contributed by atoms with van der Waals surface area (Å²) in [6, 6.07) is 9.31. The molecule has 0 radical (unpaired) electrons. The first-order chi connectivity index (χ1) is 13.1. The molecule has 3 rings (SSSR count). The van der Waals surface area contributed by atoms with Gasteiger partial charge in [0.2, 0.25) is 0 Å². The van der Waals surface area contributed by atoms with Gasteiger partial charge >= 0.3 is 5.97 Å². The molecule has 0 bridgehead atoms. The first-order valence-corrected chi connectivity index (χ1v) is 11.0. The minimum absolute atomic E-state index is 0.0458. The highest BCUT2D eigenvalue weighted by atomic mass is 32.2. The van der Waals surface area contributed by atoms with E-state index in [1.54, 1.807) is 0 Å². The van der Waals surface area contributed by atoms with Gasteiger partial charge in [0, 0.05) is 10.7 Å². The molecule has 0 saturated carbocycles. The zero-order valence-electron chi connectivity index (χ0n) is 16.8. The Labute approximate surface area is 176 Å². The number of carboxylic acid groups (broad SMARTS) is 1. The van der Waals surface area contributed by atoms with Gasteiger partial charge in [-0.15, -0.1) is 11.8 Å². The number of nitrogens with zero attached hydrogens (tertiary/aromatic N) is 1. The van der Waals surface area contributed by atoms with Gasteiger partial charge < -0.3 is 15.3 Å². The number of aliphatic carboxylic acids is 1. The lowest BCUT2D eigenvalue weighted by Crippen LogP contribution is -2.78. The fourth-order valence-corrected chi connectivity index (χ4v) is 6.34. The maximum Gasteiger partial charge on any atom is 0.327 e. The second-order valence-electron chi connectivity index (χ2n) is 8.32. The molecule has 152 valence electrons. The van der Waals surface area contributed by atoms with E-state index in [0.29, 0.717) is 4.99 Å². The number of benzene rings is 1. The highest BCUT2D eigenvalue weighted by Gasteiger charge is 2.69. The molecule has 2 aliphatic rings. The predicted molar refractivity (Wildman–Crippen MR) is 117 cm³/mol. The van der Waals surface area contributed by atoms with E-state index in [4.69, 9.17) is 12.2 Å². The molecule has 5 nitrogen and oxygen atoms in total. The lowest BCUT2D eigenvalue weighted by Gasteiger charge is -2.52.